The van der Waals surface area contributed by atoms with Gasteiger partial charge in [0.15, 0.2) is 0 Å². The third-order valence-electron chi connectivity index (χ3n) is 2.60. The Hall–Kier alpha value is -0.600. The average molecular weight is 224 g/mol. The quantitative estimate of drug-likeness (QED) is 0.678. The molecule has 1 rings (SSSR count). The molecule has 0 aromatic heterocycles. The van der Waals surface area contributed by atoms with Gasteiger partial charge in [-0.25, -0.2) is 0 Å². The Morgan fingerprint density at radius 3 is 2.56 bits per heavy atom. The highest BCUT2D eigenvalue weighted by Gasteiger charge is 2.06. The topological polar surface area (TPSA) is 24.1 Å². The largest absolute Gasteiger partial charge is 0.318 e. The molecule has 1 atom stereocenters. The molecule has 2 nitrogen and oxygen atoms in total. The maximum atomic E-state index is 3.45. The van der Waals surface area contributed by atoms with Gasteiger partial charge >= 0.3 is 0 Å². The van der Waals surface area contributed by atoms with Crippen LogP contribution in [-0.2, 0) is 0 Å². The van der Waals surface area contributed by atoms with E-state index in [-0.39, 0.29) is 0 Å². The Labute approximate surface area is 101 Å². The first kappa shape index (κ1) is 15.4. The molecule has 2 N–H and O–H groups in total. The van der Waals surface area contributed by atoms with Gasteiger partial charge in [-0.2, -0.15) is 0 Å². The number of likely N-dealkylation sites (N-methyl/N-ethyl adjacent to an activating group) is 1. The maximum absolute atomic E-state index is 3.45. The minimum absolute atomic E-state index is 0.642. The van der Waals surface area contributed by atoms with E-state index in [1.165, 1.54) is 18.4 Å². The molecular weight excluding hydrogens is 196 g/mol. The van der Waals surface area contributed by atoms with Crippen LogP contribution in [0.2, 0.25) is 0 Å². The molecule has 16 heavy (non-hydrogen) atoms. The van der Waals surface area contributed by atoms with E-state index >= 15 is 0 Å². The van der Waals surface area contributed by atoms with Gasteiger partial charge < -0.3 is 10.6 Å². The van der Waals surface area contributed by atoms with Gasteiger partial charge in [-0.05, 0) is 31.4 Å². The summed E-state index contributed by atoms with van der Waals surface area (Å²) in [5.74, 6) is 0.642. The summed E-state index contributed by atoms with van der Waals surface area (Å²) in [4.78, 5) is 0. The van der Waals surface area contributed by atoms with Crippen molar-refractivity contribution in [2.24, 2.45) is 5.92 Å². The summed E-state index contributed by atoms with van der Waals surface area (Å²) in [6.07, 6.45) is 9.34. The number of allylic oxidation sites excluding steroid dienone is 3. The predicted molar refractivity (Wildman–Crippen MR) is 73.8 cm³/mol. The van der Waals surface area contributed by atoms with Crippen molar-refractivity contribution in [3.63, 3.8) is 0 Å². The van der Waals surface area contributed by atoms with Gasteiger partial charge in [0.05, 0.1) is 0 Å². The molecule has 0 aromatic carbocycles. The SMILES string of the molecule is CC.CNCCNCC(C)C1=CCCC=C1. The van der Waals surface area contributed by atoms with Gasteiger partial charge in [0.2, 0.25) is 0 Å². The van der Waals surface area contributed by atoms with E-state index in [4.69, 9.17) is 0 Å². The zero-order chi connectivity index (χ0) is 12.2. The highest BCUT2D eigenvalue weighted by Crippen LogP contribution is 2.17. The van der Waals surface area contributed by atoms with Crippen molar-refractivity contribution in [1.29, 1.82) is 0 Å². The summed E-state index contributed by atoms with van der Waals surface area (Å²) in [6.45, 7) is 9.46. The van der Waals surface area contributed by atoms with Crippen LogP contribution in [0, 0.1) is 5.92 Å². The van der Waals surface area contributed by atoms with Crippen molar-refractivity contribution in [1.82, 2.24) is 10.6 Å². The predicted octanol–water partition coefficient (Wildman–Crippen LogP) is 2.73. The Morgan fingerprint density at radius 2 is 2.00 bits per heavy atom. The molecule has 0 saturated heterocycles. The zero-order valence-electron chi connectivity index (χ0n) is 11.3. The first-order valence-electron chi connectivity index (χ1n) is 6.56. The molecule has 0 saturated carbocycles. The fraction of sp³-hybridized carbons (Fsp3) is 0.714. The van der Waals surface area contributed by atoms with Gasteiger partial charge in [0.1, 0.15) is 0 Å². The van der Waals surface area contributed by atoms with Gasteiger partial charge in [0.25, 0.3) is 0 Å². The first-order chi connectivity index (χ1) is 7.84. The first-order valence-corrected chi connectivity index (χ1v) is 6.56. The normalized spacial score (nSPS) is 16.1. The zero-order valence-corrected chi connectivity index (χ0v) is 11.3. The van der Waals surface area contributed by atoms with Gasteiger partial charge in [-0.15, -0.1) is 0 Å². The van der Waals surface area contributed by atoms with Crippen LogP contribution in [0.4, 0.5) is 0 Å². The van der Waals surface area contributed by atoms with Crippen molar-refractivity contribution in [3.8, 4) is 0 Å². The molecule has 0 bridgehead atoms. The molecule has 1 unspecified atom stereocenters. The van der Waals surface area contributed by atoms with Crippen molar-refractivity contribution < 1.29 is 0 Å². The lowest BCUT2D eigenvalue weighted by molar-refractivity contribution is 0.566. The van der Waals surface area contributed by atoms with E-state index < -0.39 is 0 Å². The highest BCUT2D eigenvalue weighted by molar-refractivity contribution is 5.24. The minimum atomic E-state index is 0.642. The lowest BCUT2D eigenvalue weighted by Crippen LogP contribution is -2.29. The molecule has 0 spiro atoms. The van der Waals surface area contributed by atoms with Crippen LogP contribution in [-0.4, -0.2) is 26.7 Å². The van der Waals surface area contributed by atoms with Gasteiger partial charge in [-0.3, -0.25) is 0 Å². The Morgan fingerprint density at radius 1 is 1.25 bits per heavy atom. The number of rotatable bonds is 6. The van der Waals surface area contributed by atoms with E-state index in [0.29, 0.717) is 5.92 Å². The molecule has 2 heteroatoms. The van der Waals surface area contributed by atoms with Gasteiger partial charge in [0, 0.05) is 19.6 Å². The van der Waals surface area contributed by atoms with E-state index in [1.54, 1.807) is 0 Å². The van der Waals surface area contributed by atoms with Gasteiger partial charge in [-0.1, -0.05) is 39.0 Å². The van der Waals surface area contributed by atoms with E-state index in [0.717, 1.165) is 19.6 Å². The fourth-order valence-corrected chi connectivity index (χ4v) is 1.65. The maximum Gasteiger partial charge on any atom is 0.00768 e. The molecule has 0 radical (unpaired) electrons. The summed E-state index contributed by atoms with van der Waals surface area (Å²) >= 11 is 0. The standard InChI is InChI=1S/C12H22N2.C2H6/c1-11(10-14-9-8-13-2)12-6-4-3-5-7-12;1-2/h4,6-7,11,13-14H,3,5,8-10H2,1-2H3;1-2H3. The van der Waals surface area contributed by atoms with E-state index in [9.17, 15) is 0 Å². The summed E-state index contributed by atoms with van der Waals surface area (Å²) in [5, 5.41) is 6.58. The van der Waals surface area contributed by atoms with Crippen LogP contribution in [0.25, 0.3) is 0 Å². The van der Waals surface area contributed by atoms with E-state index in [1.807, 2.05) is 20.9 Å². The second-order valence-corrected chi connectivity index (χ2v) is 3.89. The molecule has 0 fully saturated rings. The lowest BCUT2D eigenvalue weighted by Gasteiger charge is -2.16. The Balaban J connectivity index is 0.00000106. The average Bonchev–Trinajstić information content (AvgIpc) is 2.38. The highest BCUT2D eigenvalue weighted by atomic mass is 14.9. The van der Waals surface area contributed by atoms with Crippen LogP contribution in [0.15, 0.2) is 23.8 Å². The molecule has 0 amide bonds. The van der Waals surface area contributed by atoms with Crippen molar-refractivity contribution >= 4 is 0 Å². The summed E-state index contributed by atoms with van der Waals surface area (Å²) < 4.78 is 0. The summed E-state index contributed by atoms with van der Waals surface area (Å²) in [7, 11) is 1.98. The fourth-order valence-electron chi connectivity index (χ4n) is 1.65. The molecule has 1 aliphatic carbocycles. The molecule has 1 aliphatic rings. The van der Waals surface area contributed by atoms with Crippen LogP contribution < -0.4 is 10.6 Å². The van der Waals surface area contributed by atoms with Crippen molar-refractivity contribution in [3.05, 3.63) is 23.8 Å². The summed E-state index contributed by atoms with van der Waals surface area (Å²) in [6, 6.07) is 0. The molecule has 0 heterocycles. The lowest BCUT2D eigenvalue weighted by atomic mass is 9.95. The van der Waals surface area contributed by atoms with Crippen molar-refractivity contribution in [2.45, 2.75) is 33.6 Å². The third kappa shape index (κ3) is 6.81. The van der Waals surface area contributed by atoms with Crippen LogP contribution >= 0.6 is 0 Å². The van der Waals surface area contributed by atoms with E-state index in [2.05, 4.69) is 35.8 Å². The smallest absolute Gasteiger partial charge is 0.00768 e. The monoisotopic (exact) mass is 224 g/mol. The van der Waals surface area contributed by atoms with Crippen LogP contribution in [0.5, 0.6) is 0 Å². The van der Waals surface area contributed by atoms with Crippen LogP contribution in [0.1, 0.15) is 33.6 Å². The van der Waals surface area contributed by atoms with Crippen molar-refractivity contribution in [2.75, 3.05) is 26.7 Å². The minimum Gasteiger partial charge on any atom is -0.318 e. The number of hydrogen-bond donors (Lipinski definition) is 2. The third-order valence-corrected chi connectivity index (χ3v) is 2.60. The second-order valence-electron chi connectivity index (χ2n) is 3.89. The Kier molecular flexibility index (Phi) is 10.5. The second kappa shape index (κ2) is 10.9. The molecular formula is C14H28N2. The number of hydrogen-bond acceptors (Lipinski definition) is 2. The molecule has 94 valence electrons. The van der Waals surface area contributed by atoms with Crippen LogP contribution in [0.3, 0.4) is 0 Å². The number of nitrogens with one attached hydrogen (secondary N) is 2. The molecule has 0 aromatic rings. The summed E-state index contributed by atoms with van der Waals surface area (Å²) in [5.41, 5.74) is 1.49. The Bertz CT molecular complexity index is 207. The molecule has 0 aliphatic heterocycles.